The van der Waals surface area contributed by atoms with Crippen molar-refractivity contribution in [3.8, 4) is 11.1 Å². The van der Waals surface area contributed by atoms with Crippen LogP contribution >= 0.6 is 23.5 Å². The number of carbonyl (C=O) groups is 2. The van der Waals surface area contributed by atoms with Gasteiger partial charge in [0.05, 0.1) is 9.79 Å². The Balaban J connectivity index is 2.47. The molecule has 2 nitrogen and oxygen atoms in total. The average Bonchev–Trinajstić information content (AvgIpc) is 2.63. The van der Waals surface area contributed by atoms with Crippen LogP contribution in [0, 0.1) is 23.3 Å². The van der Waals surface area contributed by atoms with Gasteiger partial charge in [0.15, 0.2) is 23.3 Å². The zero-order valence-electron chi connectivity index (χ0n) is 13.9. The van der Waals surface area contributed by atoms with Gasteiger partial charge in [-0.15, -0.1) is 0 Å². The number of thioether (sulfide) groups is 2. The highest BCUT2D eigenvalue weighted by atomic mass is 32.2. The lowest BCUT2D eigenvalue weighted by Gasteiger charge is -2.11. The first-order valence-corrected chi connectivity index (χ1v) is 8.99. The maximum atomic E-state index is 14.4. The third-order valence-corrected chi connectivity index (χ3v) is 5.28. The van der Waals surface area contributed by atoms with E-state index in [0.717, 1.165) is 30.3 Å². The Labute approximate surface area is 161 Å². The first kappa shape index (κ1) is 21.0. The summed E-state index contributed by atoms with van der Waals surface area (Å²) in [6.45, 7) is 8.06. The van der Waals surface area contributed by atoms with Crippen LogP contribution in [0.1, 0.15) is 6.92 Å². The molecule has 0 heterocycles. The molecule has 27 heavy (non-hydrogen) atoms. The van der Waals surface area contributed by atoms with Crippen LogP contribution in [-0.4, -0.2) is 10.2 Å². The van der Waals surface area contributed by atoms with Crippen LogP contribution in [0.15, 0.2) is 58.9 Å². The Morgan fingerprint density at radius 2 is 1.30 bits per heavy atom. The van der Waals surface area contributed by atoms with Crippen molar-refractivity contribution >= 4 is 33.8 Å². The van der Waals surface area contributed by atoms with Gasteiger partial charge in [0.25, 0.3) is 0 Å². The van der Waals surface area contributed by atoms with E-state index in [0.29, 0.717) is 23.5 Å². The highest BCUT2D eigenvalue weighted by molar-refractivity contribution is 8.14. The molecule has 0 unspecified atom stereocenters. The molecule has 0 N–H and O–H groups in total. The molecule has 0 saturated carbocycles. The van der Waals surface area contributed by atoms with Crippen LogP contribution in [0.25, 0.3) is 11.1 Å². The molecule has 0 atom stereocenters. The lowest BCUT2D eigenvalue weighted by Crippen LogP contribution is -2.00. The molecule has 0 aliphatic rings. The van der Waals surface area contributed by atoms with Crippen molar-refractivity contribution in [1.29, 1.82) is 0 Å². The molecule has 2 rings (SSSR count). The molecule has 0 fully saturated rings. The summed E-state index contributed by atoms with van der Waals surface area (Å²) < 4.78 is 57.1. The fourth-order valence-corrected chi connectivity index (χ4v) is 3.28. The second kappa shape index (κ2) is 8.58. The number of hydrogen-bond donors (Lipinski definition) is 0. The first-order valence-electron chi connectivity index (χ1n) is 7.35. The second-order valence-corrected chi connectivity index (χ2v) is 7.33. The average molecular weight is 412 g/mol. The molecule has 2 aromatic rings. The maximum absolute atomic E-state index is 14.4. The van der Waals surface area contributed by atoms with Gasteiger partial charge < -0.3 is 0 Å². The standard InChI is InChI=1S/C19H12F4O2S2/c1-4-14(24)26-12-7-5-10(15(20)17(12)22)11-6-8-13(18(23)16(11)21)27-19(25)9(2)3/h4-8H,1-2H2,3H3. The van der Waals surface area contributed by atoms with Crippen molar-refractivity contribution < 1.29 is 27.2 Å². The maximum Gasteiger partial charge on any atom is 0.219 e. The van der Waals surface area contributed by atoms with E-state index < -0.39 is 44.6 Å². The zero-order chi connectivity index (χ0) is 20.3. The number of carbonyl (C=O) groups excluding carboxylic acids is 2. The summed E-state index contributed by atoms with van der Waals surface area (Å²) in [5.41, 5.74) is -0.871. The fourth-order valence-electron chi connectivity index (χ4n) is 1.97. The van der Waals surface area contributed by atoms with Crippen LogP contribution in [-0.2, 0) is 9.59 Å². The highest BCUT2D eigenvalue weighted by Gasteiger charge is 2.22. The molecule has 140 valence electrons. The molecular weight excluding hydrogens is 400 g/mol. The summed E-state index contributed by atoms with van der Waals surface area (Å²) in [7, 11) is 0. The number of benzene rings is 2. The monoisotopic (exact) mass is 412 g/mol. The first-order chi connectivity index (χ1) is 12.7. The Morgan fingerprint density at radius 3 is 1.70 bits per heavy atom. The quantitative estimate of drug-likeness (QED) is 0.347. The minimum atomic E-state index is -1.42. The minimum Gasteiger partial charge on any atom is -0.282 e. The van der Waals surface area contributed by atoms with Gasteiger partial charge in [-0.25, -0.2) is 17.6 Å². The van der Waals surface area contributed by atoms with E-state index in [1.165, 1.54) is 6.92 Å². The van der Waals surface area contributed by atoms with Gasteiger partial charge >= 0.3 is 0 Å². The zero-order valence-corrected chi connectivity index (χ0v) is 15.6. The van der Waals surface area contributed by atoms with E-state index in [9.17, 15) is 27.2 Å². The van der Waals surface area contributed by atoms with Gasteiger partial charge in [-0.05, 0) is 66.4 Å². The Morgan fingerprint density at radius 1 is 0.852 bits per heavy atom. The summed E-state index contributed by atoms with van der Waals surface area (Å²) in [6.07, 6.45) is 0.938. The normalized spacial score (nSPS) is 10.6. The van der Waals surface area contributed by atoms with Crippen LogP contribution < -0.4 is 0 Å². The van der Waals surface area contributed by atoms with E-state index in [-0.39, 0.29) is 15.4 Å². The highest BCUT2D eigenvalue weighted by Crippen LogP contribution is 2.36. The van der Waals surface area contributed by atoms with Crippen molar-refractivity contribution in [1.82, 2.24) is 0 Å². The number of hydrogen-bond acceptors (Lipinski definition) is 4. The Hall–Kier alpha value is -2.32. The molecule has 0 saturated heterocycles. The van der Waals surface area contributed by atoms with Crippen molar-refractivity contribution in [2.45, 2.75) is 16.7 Å². The molecule has 2 aromatic carbocycles. The Kier molecular flexibility index (Phi) is 6.67. The second-order valence-electron chi connectivity index (χ2n) is 5.27. The summed E-state index contributed by atoms with van der Waals surface area (Å²) in [4.78, 5) is 22.3. The van der Waals surface area contributed by atoms with Gasteiger partial charge in [-0.1, -0.05) is 13.2 Å². The van der Waals surface area contributed by atoms with Crippen molar-refractivity contribution in [3.63, 3.8) is 0 Å². The lowest BCUT2D eigenvalue weighted by atomic mass is 10.0. The van der Waals surface area contributed by atoms with Gasteiger partial charge in [-0.3, -0.25) is 9.59 Å². The van der Waals surface area contributed by atoms with E-state index in [1.807, 2.05) is 0 Å². The molecule has 8 heteroatoms. The van der Waals surface area contributed by atoms with Crippen molar-refractivity contribution in [2.24, 2.45) is 0 Å². The van der Waals surface area contributed by atoms with E-state index in [2.05, 4.69) is 13.2 Å². The molecule has 0 amide bonds. The van der Waals surface area contributed by atoms with Gasteiger partial charge in [0.2, 0.25) is 10.2 Å². The SMILES string of the molecule is C=CC(=O)Sc1ccc(-c2ccc(SC(=O)C(=C)C)c(F)c2F)c(F)c1F. The topological polar surface area (TPSA) is 34.1 Å². The summed E-state index contributed by atoms with van der Waals surface area (Å²) in [5, 5.41) is -1.15. The van der Waals surface area contributed by atoms with Crippen molar-refractivity contribution in [2.75, 3.05) is 0 Å². The molecule has 0 aromatic heterocycles. The van der Waals surface area contributed by atoms with Crippen LogP contribution in [0.2, 0.25) is 0 Å². The van der Waals surface area contributed by atoms with E-state index in [1.54, 1.807) is 0 Å². The van der Waals surface area contributed by atoms with Gasteiger partial charge in [0.1, 0.15) is 0 Å². The number of rotatable bonds is 5. The molecule has 0 aliphatic carbocycles. The van der Waals surface area contributed by atoms with Crippen LogP contribution in [0.4, 0.5) is 17.6 Å². The molecule has 0 spiro atoms. The largest absolute Gasteiger partial charge is 0.282 e. The third kappa shape index (κ3) is 4.51. The predicted molar refractivity (Wildman–Crippen MR) is 98.4 cm³/mol. The molecule has 0 radical (unpaired) electrons. The van der Waals surface area contributed by atoms with E-state index >= 15 is 0 Å². The van der Waals surface area contributed by atoms with Gasteiger partial charge in [-0.2, -0.15) is 0 Å². The van der Waals surface area contributed by atoms with Crippen LogP contribution in [0.5, 0.6) is 0 Å². The van der Waals surface area contributed by atoms with Crippen molar-refractivity contribution in [3.05, 3.63) is 72.3 Å². The van der Waals surface area contributed by atoms with Crippen LogP contribution in [0.3, 0.4) is 0 Å². The smallest absolute Gasteiger partial charge is 0.219 e. The van der Waals surface area contributed by atoms with E-state index in [4.69, 9.17) is 0 Å². The molecule has 0 bridgehead atoms. The summed E-state index contributed by atoms with van der Waals surface area (Å²) in [5.74, 6) is -5.56. The molecular formula is C19H12F4O2S2. The summed E-state index contributed by atoms with van der Waals surface area (Å²) in [6, 6.07) is 4.28. The minimum absolute atomic E-state index is 0.152. The number of halogens is 4. The third-order valence-electron chi connectivity index (χ3n) is 3.31. The lowest BCUT2D eigenvalue weighted by molar-refractivity contribution is -0.108. The summed E-state index contributed by atoms with van der Waals surface area (Å²) >= 11 is 0.863. The fraction of sp³-hybridized carbons (Fsp3) is 0.0526. The predicted octanol–water partition coefficient (Wildman–Crippen LogP) is 5.91. The Bertz CT molecular complexity index is 971. The molecule has 0 aliphatic heterocycles. The van der Waals surface area contributed by atoms with Gasteiger partial charge in [0, 0.05) is 11.1 Å².